The molecule has 0 aliphatic rings. The number of benzene rings is 3. The van der Waals surface area contributed by atoms with Gasteiger partial charge < -0.3 is 13.9 Å². The number of ether oxygens (including phenoxy) is 2. The maximum Gasteiger partial charge on any atom is 0.204 e. The van der Waals surface area contributed by atoms with Crippen molar-refractivity contribution in [1.29, 1.82) is 0 Å². The summed E-state index contributed by atoms with van der Waals surface area (Å²) in [4.78, 5) is 26.9. The molecule has 1 aromatic heterocycles. The Morgan fingerprint density at radius 1 is 0.900 bits per heavy atom. The van der Waals surface area contributed by atoms with Gasteiger partial charge >= 0.3 is 0 Å². The summed E-state index contributed by atoms with van der Waals surface area (Å²) in [5.74, 6) is 0.602. The van der Waals surface area contributed by atoms with E-state index in [2.05, 4.69) is 0 Å². The Morgan fingerprint density at radius 2 is 1.67 bits per heavy atom. The van der Waals surface area contributed by atoms with Gasteiger partial charge in [-0.1, -0.05) is 48.0 Å². The Morgan fingerprint density at radius 3 is 2.37 bits per heavy atom. The fraction of sp³-hybridized carbons (Fsp3) is 0.120. The van der Waals surface area contributed by atoms with Crippen LogP contribution in [0.5, 0.6) is 11.5 Å². The molecule has 3 aromatic carbocycles. The Kier molecular flexibility index (Phi) is 5.11. The summed E-state index contributed by atoms with van der Waals surface area (Å²) in [5.41, 5.74) is 1.75. The van der Waals surface area contributed by atoms with Gasteiger partial charge in [0.25, 0.3) is 0 Å². The molecular weight excluding hydrogens is 380 g/mol. The summed E-state index contributed by atoms with van der Waals surface area (Å²) in [6.45, 7) is 1.89. The number of carbonyl (C=O) groups is 1. The second-order valence-electron chi connectivity index (χ2n) is 6.87. The number of ketones is 1. The fourth-order valence-electron chi connectivity index (χ4n) is 3.50. The van der Waals surface area contributed by atoms with Gasteiger partial charge in [-0.05, 0) is 31.2 Å². The SMILES string of the molecule is COc1cccc(-c2oc3ccc(C)cc3c(=O)c2C(=O)c2ccccc2)c1OC. The van der Waals surface area contributed by atoms with E-state index in [0.717, 1.165) is 5.56 Å². The van der Waals surface area contributed by atoms with Crippen LogP contribution in [-0.4, -0.2) is 20.0 Å². The number of fused-ring (bicyclic) bond motifs is 1. The van der Waals surface area contributed by atoms with Crippen molar-refractivity contribution in [3.8, 4) is 22.8 Å². The number of carbonyl (C=O) groups excluding carboxylic acids is 1. The minimum absolute atomic E-state index is 0.0362. The van der Waals surface area contributed by atoms with Crippen molar-refractivity contribution in [3.05, 3.63) is 93.6 Å². The standard InChI is InChI=1S/C25H20O5/c1-15-12-13-19-18(14-15)23(27)21(22(26)16-8-5-4-6-9-16)25(30-19)17-10-7-11-20(28-2)24(17)29-3/h4-14H,1-3H3. The van der Waals surface area contributed by atoms with Crippen LogP contribution in [-0.2, 0) is 0 Å². The number of hydrogen-bond acceptors (Lipinski definition) is 5. The first-order valence-electron chi connectivity index (χ1n) is 9.43. The van der Waals surface area contributed by atoms with Crippen LogP contribution in [0.3, 0.4) is 0 Å². The van der Waals surface area contributed by atoms with E-state index in [1.54, 1.807) is 54.6 Å². The molecule has 150 valence electrons. The van der Waals surface area contributed by atoms with E-state index in [-0.39, 0.29) is 16.8 Å². The van der Waals surface area contributed by atoms with Crippen LogP contribution in [0, 0.1) is 6.92 Å². The topological polar surface area (TPSA) is 65.7 Å². The van der Waals surface area contributed by atoms with Crippen molar-refractivity contribution in [2.24, 2.45) is 0 Å². The Hall–Kier alpha value is -3.86. The molecule has 0 saturated heterocycles. The molecule has 0 unspecified atom stereocenters. The maximum absolute atomic E-state index is 13.5. The smallest absolute Gasteiger partial charge is 0.204 e. The van der Waals surface area contributed by atoms with Gasteiger partial charge in [-0.25, -0.2) is 0 Å². The number of aryl methyl sites for hydroxylation is 1. The van der Waals surface area contributed by atoms with Gasteiger partial charge in [-0.2, -0.15) is 0 Å². The van der Waals surface area contributed by atoms with Crippen molar-refractivity contribution in [1.82, 2.24) is 0 Å². The monoisotopic (exact) mass is 400 g/mol. The second kappa shape index (κ2) is 7.87. The normalized spacial score (nSPS) is 10.8. The van der Waals surface area contributed by atoms with Crippen LogP contribution in [0.2, 0.25) is 0 Å². The second-order valence-corrected chi connectivity index (χ2v) is 6.87. The van der Waals surface area contributed by atoms with Crippen LogP contribution in [0.4, 0.5) is 0 Å². The average molecular weight is 400 g/mol. The first-order chi connectivity index (χ1) is 14.5. The molecule has 0 spiro atoms. The Balaban J connectivity index is 2.11. The lowest BCUT2D eigenvalue weighted by Gasteiger charge is -2.15. The van der Waals surface area contributed by atoms with Gasteiger partial charge in [0.1, 0.15) is 11.1 Å². The van der Waals surface area contributed by atoms with Crippen LogP contribution in [0.15, 0.2) is 75.9 Å². The highest BCUT2D eigenvalue weighted by Gasteiger charge is 2.26. The van der Waals surface area contributed by atoms with Crippen LogP contribution < -0.4 is 14.9 Å². The first kappa shape index (κ1) is 19.5. The summed E-state index contributed by atoms with van der Waals surface area (Å²) in [6.07, 6.45) is 0. The molecule has 0 N–H and O–H groups in total. The van der Waals surface area contributed by atoms with Gasteiger partial charge in [0, 0.05) is 5.56 Å². The molecule has 0 bridgehead atoms. The molecule has 4 aromatic rings. The molecule has 0 saturated carbocycles. The predicted molar refractivity (Wildman–Crippen MR) is 116 cm³/mol. The van der Waals surface area contributed by atoms with E-state index in [1.807, 2.05) is 19.1 Å². The van der Waals surface area contributed by atoms with Crippen molar-refractivity contribution in [2.45, 2.75) is 6.92 Å². The molecule has 4 rings (SSSR count). The van der Waals surface area contributed by atoms with E-state index in [1.165, 1.54) is 14.2 Å². The van der Waals surface area contributed by atoms with Gasteiger partial charge in [-0.15, -0.1) is 0 Å². The molecule has 5 nitrogen and oxygen atoms in total. The van der Waals surface area contributed by atoms with Crippen LogP contribution >= 0.6 is 0 Å². The minimum Gasteiger partial charge on any atom is -0.493 e. The molecule has 0 aliphatic carbocycles. The zero-order valence-corrected chi connectivity index (χ0v) is 16.9. The summed E-state index contributed by atoms with van der Waals surface area (Å²) < 4.78 is 17.1. The highest BCUT2D eigenvalue weighted by Crippen LogP contribution is 2.40. The zero-order chi connectivity index (χ0) is 21.3. The molecule has 0 aliphatic heterocycles. The highest BCUT2D eigenvalue weighted by molar-refractivity contribution is 6.13. The maximum atomic E-state index is 13.5. The van der Waals surface area contributed by atoms with Crippen molar-refractivity contribution < 1.29 is 18.7 Å². The lowest BCUT2D eigenvalue weighted by molar-refractivity contribution is 0.103. The van der Waals surface area contributed by atoms with Gasteiger partial charge in [0.05, 0.1) is 25.2 Å². The van der Waals surface area contributed by atoms with Crippen molar-refractivity contribution >= 4 is 16.8 Å². The zero-order valence-electron chi connectivity index (χ0n) is 16.9. The summed E-state index contributed by atoms with van der Waals surface area (Å²) in [6, 6.07) is 19.2. The van der Waals surface area contributed by atoms with E-state index in [9.17, 15) is 9.59 Å². The molecular formula is C25H20O5. The molecule has 0 fully saturated rings. The number of hydrogen-bond donors (Lipinski definition) is 0. The summed E-state index contributed by atoms with van der Waals surface area (Å²) >= 11 is 0. The van der Waals surface area contributed by atoms with Crippen LogP contribution in [0.1, 0.15) is 21.5 Å². The van der Waals surface area contributed by atoms with E-state index in [4.69, 9.17) is 13.9 Å². The molecule has 30 heavy (non-hydrogen) atoms. The van der Waals surface area contributed by atoms with Crippen LogP contribution in [0.25, 0.3) is 22.3 Å². The third-order valence-corrected chi connectivity index (χ3v) is 4.96. The van der Waals surface area contributed by atoms with E-state index in [0.29, 0.717) is 33.6 Å². The number of methoxy groups -OCH3 is 2. The fourth-order valence-corrected chi connectivity index (χ4v) is 3.50. The molecule has 0 atom stereocenters. The lowest BCUT2D eigenvalue weighted by atomic mass is 9.96. The van der Waals surface area contributed by atoms with E-state index >= 15 is 0 Å². The van der Waals surface area contributed by atoms with Gasteiger partial charge in [-0.3, -0.25) is 9.59 Å². The molecule has 5 heteroatoms. The largest absolute Gasteiger partial charge is 0.493 e. The quantitative estimate of drug-likeness (QED) is 0.440. The highest BCUT2D eigenvalue weighted by atomic mass is 16.5. The Labute approximate surface area is 173 Å². The first-order valence-corrected chi connectivity index (χ1v) is 9.43. The third kappa shape index (κ3) is 3.24. The minimum atomic E-state index is -0.410. The lowest BCUT2D eigenvalue weighted by Crippen LogP contribution is -2.18. The van der Waals surface area contributed by atoms with Gasteiger partial charge in [0.2, 0.25) is 11.2 Å². The summed E-state index contributed by atoms with van der Waals surface area (Å²) in [5, 5.41) is 0.361. The predicted octanol–water partition coefficient (Wildman–Crippen LogP) is 5.02. The number of rotatable bonds is 5. The molecule has 0 radical (unpaired) electrons. The number of para-hydroxylation sites is 1. The summed E-state index contributed by atoms with van der Waals surface area (Å²) in [7, 11) is 3.03. The van der Waals surface area contributed by atoms with E-state index < -0.39 is 5.78 Å². The Bertz CT molecular complexity index is 1300. The average Bonchev–Trinajstić information content (AvgIpc) is 2.78. The van der Waals surface area contributed by atoms with Crippen molar-refractivity contribution in [3.63, 3.8) is 0 Å². The third-order valence-electron chi connectivity index (χ3n) is 4.96. The molecule has 1 heterocycles. The van der Waals surface area contributed by atoms with Gasteiger partial charge in [0.15, 0.2) is 17.3 Å². The van der Waals surface area contributed by atoms with Crippen molar-refractivity contribution in [2.75, 3.05) is 14.2 Å². The molecule has 0 amide bonds.